The maximum Gasteiger partial charge on any atom is 0.234 e. The monoisotopic (exact) mass is 242 g/mol. The molecule has 1 aliphatic rings. The van der Waals surface area contributed by atoms with Crippen LogP contribution in [0.1, 0.15) is 18.4 Å². The lowest BCUT2D eigenvalue weighted by Gasteiger charge is -2.21. The highest BCUT2D eigenvalue weighted by Gasteiger charge is 2.30. The molecule has 1 aromatic carbocycles. The zero-order chi connectivity index (χ0) is 12.8. The van der Waals surface area contributed by atoms with E-state index in [1.54, 1.807) is 0 Å². The van der Waals surface area contributed by atoms with Gasteiger partial charge in [-0.3, -0.25) is 9.69 Å². The summed E-state index contributed by atoms with van der Waals surface area (Å²) in [5.41, 5.74) is 1.24. The smallest absolute Gasteiger partial charge is 0.234 e. The van der Waals surface area contributed by atoms with Crippen LogP contribution in [0.15, 0.2) is 30.3 Å². The van der Waals surface area contributed by atoms with Crippen molar-refractivity contribution in [2.24, 2.45) is 0 Å². The van der Waals surface area contributed by atoms with Crippen molar-refractivity contribution in [3.8, 4) is 12.3 Å². The normalized spacial score (nSPS) is 14.2. The molecule has 18 heavy (non-hydrogen) atoms. The van der Waals surface area contributed by atoms with Gasteiger partial charge in [0.1, 0.15) is 0 Å². The van der Waals surface area contributed by atoms with E-state index in [4.69, 9.17) is 6.42 Å². The summed E-state index contributed by atoms with van der Waals surface area (Å²) in [7, 11) is 0. The predicted molar refractivity (Wildman–Crippen MR) is 71.7 cm³/mol. The molecule has 0 atom stereocenters. The summed E-state index contributed by atoms with van der Waals surface area (Å²) in [5, 5.41) is 2.71. The molecule has 1 N–H and O–H groups in total. The summed E-state index contributed by atoms with van der Waals surface area (Å²) in [6.45, 7) is 1.57. The molecule has 1 fully saturated rings. The summed E-state index contributed by atoms with van der Waals surface area (Å²) in [6, 6.07) is 10.8. The van der Waals surface area contributed by atoms with Gasteiger partial charge in [0.15, 0.2) is 0 Å². The molecule has 0 unspecified atom stereocenters. The van der Waals surface area contributed by atoms with E-state index in [0.29, 0.717) is 19.1 Å². The number of rotatable bonds is 6. The minimum atomic E-state index is 0.00998. The van der Waals surface area contributed by atoms with E-state index in [-0.39, 0.29) is 5.91 Å². The molecule has 0 saturated heterocycles. The molecule has 1 saturated carbocycles. The highest BCUT2D eigenvalue weighted by Crippen LogP contribution is 2.27. The van der Waals surface area contributed by atoms with Gasteiger partial charge >= 0.3 is 0 Å². The third-order valence-corrected chi connectivity index (χ3v) is 3.03. The van der Waals surface area contributed by atoms with Crippen molar-refractivity contribution in [2.75, 3.05) is 13.1 Å². The first-order valence-electron chi connectivity index (χ1n) is 6.27. The Morgan fingerprint density at radius 1 is 1.39 bits per heavy atom. The number of nitrogens with zero attached hydrogens (tertiary/aromatic N) is 1. The maximum absolute atomic E-state index is 11.7. The van der Waals surface area contributed by atoms with Gasteiger partial charge in [-0.1, -0.05) is 36.3 Å². The molecule has 0 spiro atoms. The Hall–Kier alpha value is -1.79. The summed E-state index contributed by atoms with van der Waals surface area (Å²) in [4.78, 5) is 13.9. The van der Waals surface area contributed by atoms with Crippen LogP contribution in [0.3, 0.4) is 0 Å². The third kappa shape index (κ3) is 3.90. The molecule has 0 heterocycles. The van der Waals surface area contributed by atoms with E-state index in [1.165, 1.54) is 18.4 Å². The van der Waals surface area contributed by atoms with E-state index in [0.717, 1.165) is 6.54 Å². The molecule has 0 bridgehead atoms. The fourth-order valence-corrected chi connectivity index (χ4v) is 1.96. The highest BCUT2D eigenvalue weighted by molar-refractivity contribution is 5.78. The maximum atomic E-state index is 11.7. The molecule has 0 aliphatic heterocycles. The summed E-state index contributed by atoms with van der Waals surface area (Å²) >= 11 is 0. The van der Waals surface area contributed by atoms with Crippen molar-refractivity contribution in [1.29, 1.82) is 0 Å². The Bertz CT molecular complexity index is 432. The molecule has 0 radical (unpaired) electrons. The number of hydrogen-bond acceptors (Lipinski definition) is 2. The van der Waals surface area contributed by atoms with E-state index in [1.807, 2.05) is 18.2 Å². The topological polar surface area (TPSA) is 32.3 Å². The van der Waals surface area contributed by atoms with Crippen LogP contribution >= 0.6 is 0 Å². The average molecular weight is 242 g/mol. The first kappa shape index (κ1) is 12.7. The van der Waals surface area contributed by atoms with Gasteiger partial charge in [0.2, 0.25) is 5.91 Å². The van der Waals surface area contributed by atoms with Crippen LogP contribution in [0.25, 0.3) is 0 Å². The standard InChI is InChI=1S/C15H18N2O/c1-2-10-16-15(18)12-17(14-8-9-14)11-13-6-4-3-5-7-13/h1,3-7,14H,8-12H2,(H,16,18). The molecule has 3 heteroatoms. The van der Waals surface area contributed by atoms with Crippen LogP contribution in [-0.4, -0.2) is 29.9 Å². The molecule has 94 valence electrons. The van der Waals surface area contributed by atoms with Crippen molar-refractivity contribution in [2.45, 2.75) is 25.4 Å². The fraction of sp³-hybridized carbons (Fsp3) is 0.400. The number of hydrogen-bond donors (Lipinski definition) is 1. The molecule has 1 aromatic rings. The van der Waals surface area contributed by atoms with Gasteiger partial charge in [-0.15, -0.1) is 6.42 Å². The lowest BCUT2D eigenvalue weighted by atomic mass is 10.2. The molecular formula is C15H18N2O. The van der Waals surface area contributed by atoms with Crippen molar-refractivity contribution in [3.05, 3.63) is 35.9 Å². The van der Waals surface area contributed by atoms with E-state index in [9.17, 15) is 4.79 Å². The number of amides is 1. The van der Waals surface area contributed by atoms with Gasteiger partial charge in [0, 0.05) is 12.6 Å². The second-order valence-electron chi connectivity index (χ2n) is 4.60. The average Bonchev–Trinajstić information content (AvgIpc) is 3.21. The van der Waals surface area contributed by atoms with Crippen LogP contribution in [0, 0.1) is 12.3 Å². The Morgan fingerprint density at radius 3 is 2.72 bits per heavy atom. The van der Waals surface area contributed by atoms with E-state index in [2.05, 4.69) is 28.3 Å². The highest BCUT2D eigenvalue weighted by atomic mass is 16.2. The first-order chi connectivity index (χ1) is 8.79. The fourth-order valence-electron chi connectivity index (χ4n) is 1.96. The minimum Gasteiger partial charge on any atom is -0.344 e. The van der Waals surface area contributed by atoms with Crippen molar-refractivity contribution >= 4 is 5.91 Å². The Morgan fingerprint density at radius 2 is 2.11 bits per heavy atom. The van der Waals surface area contributed by atoms with Gasteiger partial charge in [0.05, 0.1) is 13.1 Å². The zero-order valence-electron chi connectivity index (χ0n) is 10.4. The SMILES string of the molecule is C#CCNC(=O)CN(Cc1ccccc1)C1CC1. The first-order valence-corrected chi connectivity index (χ1v) is 6.27. The summed E-state index contributed by atoms with van der Waals surface area (Å²) in [6.07, 6.45) is 7.50. The van der Waals surface area contributed by atoms with Gasteiger partial charge < -0.3 is 5.32 Å². The second-order valence-corrected chi connectivity index (χ2v) is 4.60. The van der Waals surface area contributed by atoms with Crippen molar-refractivity contribution in [1.82, 2.24) is 10.2 Å². The van der Waals surface area contributed by atoms with Crippen molar-refractivity contribution < 1.29 is 4.79 Å². The minimum absolute atomic E-state index is 0.00998. The van der Waals surface area contributed by atoms with E-state index < -0.39 is 0 Å². The summed E-state index contributed by atoms with van der Waals surface area (Å²) < 4.78 is 0. The van der Waals surface area contributed by atoms with Gasteiger partial charge in [-0.05, 0) is 18.4 Å². The molecule has 1 amide bonds. The lowest BCUT2D eigenvalue weighted by molar-refractivity contribution is -0.122. The lowest BCUT2D eigenvalue weighted by Crippen LogP contribution is -2.38. The van der Waals surface area contributed by atoms with Crippen LogP contribution in [0.5, 0.6) is 0 Å². The van der Waals surface area contributed by atoms with Crippen LogP contribution < -0.4 is 5.32 Å². The molecule has 2 rings (SSSR count). The quantitative estimate of drug-likeness (QED) is 0.765. The Kier molecular flexibility index (Phi) is 4.38. The number of benzene rings is 1. The molecular weight excluding hydrogens is 224 g/mol. The number of nitrogens with one attached hydrogen (secondary N) is 1. The van der Waals surface area contributed by atoms with Crippen LogP contribution in [-0.2, 0) is 11.3 Å². The number of carbonyl (C=O) groups is 1. The molecule has 1 aliphatic carbocycles. The van der Waals surface area contributed by atoms with Crippen LogP contribution in [0.4, 0.5) is 0 Å². The van der Waals surface area contributed by atoms with Crippen molar-refractivity contribution in [3.63, 3.8) is 0 Å². The number of terminal acetylenes is 1. The largest absolute Gasteiger partial charge is 0.344 e. The third-order valence-electron chi connectivity index (χ3n) is 3.03. The molecule has 3 nitrogen and oxygen atoms in total. The zero-order valence-corrected chi connectivity index (χ0v) is 10.4. The van der Waals surface area contributed by atoms with Gasteiger partial charge in [-0.25, -0.2) is 0 Å². The molecule has 0 aromatic heterocycles. The Labute approximate surface area is 108 Å². The number of carbonyl (C=O) groups excluding carboxylic acids is 1. The predicted octanol–water partition coefficient (Wildman–Crippen LogP) is 1.40. The summed E-state index contributed by atoms with van der Waals surface area (Å²) in [5.74, 6) is 2.43. The van der Waals surface area contributed by atoms with Gasteiger partial charge in [-0.2, -0.15) is 0 Å². The van der Waals surface area contributed by atoms with Gasteiger partial charge in [0.25, 0.3) is 0 Å². The van der Waals surface area contributed by atoms with E-state index >= 15 is 0 Å². The second kappa shape index (κ2) is 6.23. The van der Waals surface area contributed by atoms with Crippen LogP contribution in [0.2, 0.25) is 0 Å². The Balaban J connectivity index is 1.89.